The van der Waals surface area contributed by atoms with Crippen LogP contribution in [-0.2, 0) is 9.53 Å². The monoisotopic (exact) mass is 259 g/mol. The molecular weight excluding hydrogens is 234 g/mol. The van der Waals surface area contributed by atoms with Crippen molar-refractivity contribution in [1.29, 1.82) is 0 Å². The second-order valence-electron chi connectivity index (χ2n) is 4.43. The molecule has 0 radical (unpaired) electrons. The summed E-state index contributed by atoms with van der Waals surface area (Å²) in [5.74, 6) is 0.961. The van der Waals surface area contributed by atoms with Crippen LogP contribution in [0.3, 0.4) is 0 Å². The molecule has 3 nitrogen and oxygen atoms in total. The maximum Gasteiger partial charge on any atom is 0.323 e. The first-order chi connectivity index (χ1) is 8.27. The van der Waals surface area contributed by atoms with E-state index in [4.69, 9.17) is 4.74 Å². The molecule has 4 heteroatoms. The average molecular weight is 259 g/mol. The summed E-state index contributed by atoms with van der Waals surface area (Å²) in [6, 6.07) is -0.117. The van der Waals surface area contributed by atoms with Crippen molar-refractivity contribution < 1.29 is 9.53 Å². The van der Waals surface area contributed by atoms with Gasteiger partial charge < -0.3 is 10.1 Å². The number of carbonyl (C=O) groups is 1. The second kappa shape index (κ2) is 8.81. The average Bonchev–Trinajstić information content (AvgIpc) is 2.81. The molecule has 0 aromatic heterocycles. The summed E-state index contributed by atoms with van der Waals surface area (Å²) < 4.78 is 5.07. The zero-order valence-corrected chi connectivity index (χ0v) is 11.9. The van der Waals surface area contributed by atoms with E-state index in [1.165, 1.54) is 25.7 Å². The third-order valence-corrected chi connectivity index (χ3v) is 4.50. The maximum absolute atomic E-state index is 11.7. The van der Waals surface area contributed by atoms with Crippen molar-refractivity contribution in [3.05, 3.63) is 0 Å². The Morgan fingerprint density at radius 2 is 2.12 bits per heavy atom. The van der Waals surface area contributed by atoms with E-state index >= 15 is 0 Å². The molecule has 1 fully saturated rings. The number of hydrogen-bond donors (Lipinski definition) is 1. The summed E-state index contributed by atoms with van der Waals surface area (Å²) in [4.78, 5) is 11.7. The molecule has 0 spiro atoms. The summed E-state index contributed by atoms with van der Waals surface area (Å²) in [6.07, 6.45) is 6.36. The molecule has 1 aliphatic rings. The quantitative estimate of drug-likeness (QED) is 0.680. The molecule has 1 N–H and O–H groups in total. The van der Waals surface area contributed by atoms with E-state index < -0.39 is 0 Å². The molecule has 0 aliphatic heterocycles. The zero-order chi connectivity index (χ0) is 12.5. The fraction of sp³-hybridized carbons (Fsp3) is 0.923. The van der Waals surface area contributed by atoms with Crippen molar-refractivity contribution in [2.45, 2.75) is 57.2 Å². The molecule has 0 heterocycles. The van der Waals surface area contributed by atoms with Gasteiger partial charge in [-0.05, 0) is 38.5 Å². The van der Waals surface area contributed by atoms with E-state index in [2.05, 4.69) is 5.32 Å². The molecule has 1 rings (SSSR count). The standard InChI is InChI=1S/C13H25NO2S/c1-3-14-12(13(15)16-4-2)9-10-17-11-7-5-6-8-11/h11-12,14H,3-10H2,1-2H3. The highest BCUT2D eigenvalue weighted by molar-refractivity contribution is 7.99. The summed E-state index contributed by atoms with van der Waals surface area (Å²) in [5, 5.41) is 4.04. The van der Waals surface area contributed by atoms with Crippen molar-refractivity contribution in [3.8, 4) is 0 Å². The van der Waals surface area contributed by atoms with Gasteiger partial charge in [-0.3, -0.25) is 4.79 Å². The lowest BCUT2D eigenvalue weighted by Gasteiger charge is -2.17. The Labute approximate surface area is 109 Å². The lowest BCUT2D eigenvalue weighted by atomic mass is 10.2. The van der Waals surface area contributed by atoms with Crippen LogP contribution in [0.4, 0.5) is 0 Å². The molecule has 0 aromatic carbocycles. The van der Waals surface area contributed by atoms with Crippen LogP contribution in [0, 0.1) is 0 Å². The van der Waals surface area contributed by atoms with Crippen LogP contribution in [0.2, 0.25) is 0 Å². The van der Waals surface area contributed by atoms with Crippen LogP contribution < -0.4 is 5.32 Å². The predicted molar refractivity (Wildman–Crippen MR) is 73.4 cm³/mol. The fourth-order valence-electron chi connectivity index (χ4n) is 2.20. The zero-order valence-electron chi connectivity index (χ0n) is 11.0. The van der Waals surface area contributed by atoms with Crippen molar-refractivity contribution in [1.82, 2.24) is 5.32 Å². The first-order valence-corrected chi connectivity index (χ1v) is 7.84. The highest BCUT2D eigenvalue weighted by Gasteiger charge is 2.20. The molecule has 0 bridgehead atoms. The normalized spacial score (nSPS) is 18.2. The second-order valence-corrected chi connectivity index (χ2v) is 5.84. The van der Waals surface area contributed by atoms with E-state index in [1.807, 2.05) is 25.6 Å². The molecule has 0 amide bonds. The van der Waals surface area contributed by atoms with Gasteiger partial charge in [0.1, 0.15) is 6.04 Å². The van der Waals surface area contributed by atoms with Gasteiger partial charge in [0.2, 0.25) is 0 Å². The summed E-state index contributed by atoms with van der Waals surface area (Å²) in [6.45, 7) is 5.17. The number of hydrogen-bond acceptors (Lipinski definition) is 4. The van der Waals surface area contributed by atoms with Gasteiger partial charge in [0, 0.05) is 5.25 Å². The van der Waals surface area contributed by atoms with Gasteiger partial charge in [-0.1, -0.05) is 19.8 Å². The van der Waals surface area contributed by atoms with E-state index in [1.54, 1.807) is 0 Å². The van der Waals surface area contributed by atoms with E-state index in [0.29, 0.717) is 6.61 Å². The van der Waals surface area contributed by atoms with E-state index in [-0.39, 0.29) is 12.0 Å². The van der Waals surface area contributed by atoms with Gasteiger partial charge >= 0.3 is 5.97 Å². The molecule has 0 saturated heterocycles. The Morgan fingerprint density at radius 3 is 2.71 bits per heavy atom. The largest absolute Gasteiger partial charge is 0.465 e. The first-order valence-electron chi connectivity index (χ1n) is 6.79. The minimum Gasteiger partial charge on any atom is -0.465 e. The van der Waals surface area contributed by atoms with Gasteiger partial charge in [-0.25, -0.2) is 0 Å². The Bertz CT molecular complexity index is 217. The number of ether oxygens (including phenoxy) is 1. The number of nitrogens with one attached hydrogen (secondary N) is 1. The molecule has 1 saturated carbocycles. The Hall–Kier alpha value is -0.220. The van der Waals surface area contributed by atoms with Crippen molar-refractivity contribution in [2.75, 3.05) is 18.9 Å². The predicted octanol–water partition coefficient (Wildman–Crippen LogP) is 2.59. The minimum absolute atomic E-state index is 0.0960. The number of likely N-dealkylation sites (N-methyl/N-ethyl adjacent to an activating group) is 1. The van der Waals surface area contributed by atoms with E-state index in [0.717, 1.165) is 24.0 Å². The van der Waals surface area contributed by atoms with Crippen LogP contribution in [0.25, 0.3) is 0 Å². The summed E-state index contributed by atoms with van der Waals surface area (Å²) in [5.41, 5.74) is 0. The molecule has 100 valence electrons. The van der Waals surface area contributed by atoms with Crippen LogP contribution in [0.5, 0.6) is 0 Å². The Balaban J connectivity index is 2.20. The lowest BCUT2D eigenvalue weighted by Crippen LogP contribution is -2.38. The van der Waals surface area contributed by atoms with Gasteiger partial charge in [0.15, 0.2) is 0 Å². The van der Waals surface area contributed by atoms with Gasteiger partial charge in [0.25, 0.3) is 0 Å². The third kappa shape index (κ3) is 5.77. The van der Waals surface area contributed by atoms with Crippen molar-refractivity contribution >= 4 is 17.7 Å². The molecule has 1 unspecified atom stereocenters. The third-order valence-electron chi connectivity index (χ3n) is 3.08. The molecule has 0 aromatic rings. The summed E-state index contributed by atoms with van der Waals surface area (Å²) in [7, 11) is 0. The maximum atomic E-state index is 11.7. The smallest absolute Gasteiger partial charge is 0.323 e. The van der Waals surface area contributed by atoms with Gasteiger partial charge in [-0.15, -0.1) is 0 Å². The van der Waals surface area contributed by atoms with Crippen LogP contribution in [0.1, 0.15) is 46.0 Å². The highest BCUT2D eigenvalue weighted by atomic mass is 32.2. The molecular formula is C13H25NO2S. The number of thioether (sulfide) groups is 1. The van der Waals surface area contributed by atoms with Gasteiger partial charge in [0.05, 0.1) is 6.61 Å². The van der Waals surface area contributed by atoms with Crippen molar-refractivity contribution in [2.24, 2.45) is 0 Å². The minimum atomic E-state index is -0.117. The topological polar surface area (TPSA) is 38.3 Å². The summed E-state index contributed by atoms with van der Waals surface area (Å²) >= 11 is 2.03. The van der Waals surface area contributed by atoms with Crippen molar-refractivity contribution in [3.63, 3.8) is 0 Å². The van der Waals surface area contributed by atoms with Crippen LogP contribution in [0.15, 0.2) is 0 Å². The molecule has 1 aliphatic carbocycles. The molecule has 1 atom stereocenters. The van der Waals surface area contributed by atoms with Crippen LogP contribution in [-0.4, -0.2) is 36.2 Å². The number of rotatable bonds is 8. The highest BCUT2D eigenvalue weighted by Crippen LogP contribution is 2.29. The SMILES string of the molecule is CCNC(CCSC1CCCC1)C(=O)OCC. The Morgan fingerprint density at radius 1 is 1.41 bits per heavy atom. The van der Waals surface area contributed by atoms with Gasteiger partial charge in [-0.2, -0.15) is 11.8 Å². The number of esters is 1. The van der Waals surface area contributed by atoms with E-state index in [9.17, 15) is 4.79 Å². The fourth-order valence-corrected chi connectivity index (χ4v) is 3.57. The molecule has 17 heavy (non-hydrogen) atoms. The number of carbonyl (C=O) groups excluding carboxylic acids is 1. The first kappa shape index (κ1) is 14.8. The Kier molecular flexibility index (Phi) is 7.69. The lowest BCUT2D eigenvalue weighted by molar-refractivity contribution is -0.145. The van der Waals surface area contributed by atoms with Crippen LogP contribution >= 0.6 is 11.8 Å².